The molecule has 2 nitrogen and oxygen atoms in total. The maximum absolute atomic E-state index is 11.6. The van der Waals surface area contributed by atoms with Crippen LogP contribution in [0.5, 0.6) is 0 Å². The fourth-order valence-electron chi connectivity index (χ4n) is 2.72. The zero-order valence-electron chi connectivity index (χ0n) is 13.7. The molecule has 0 saturated carbocycles. The van der Waals surface area contributed by atoms with Crippen LogP contribution in [0.15, 0.2) is 54.6 Å². The van der Waals surface area contributed by atoms with Crippen LogP contribution >= 0.6 is 0 Å². The van der Waals surface area contributed by atoms with Gasteiger partial charge in [-0.05, 0) is 47.9 Å². The standard InChI is InChI=1S/C20H25NO/c1-15(17-7-5-4-6-8-17)9-10-16(2)18-11-13-19(14-12-18)20(22)21-3/h4-8,11-16H,9-10H2,1-3H3,(H,21,22). The average Bonchev–Trinajstić information content (AvgIpc) is 2.59. The second-order valence-electron chi connectivity index (χ2n) is 5.99. The molecule has 0 saturated heterocycles. The second-order valence-corrected chi connectivity index (χ2v) is 5.99. The number of nitrogens with one attached hydrogen (secondary N) is 1. The second kappa shape index (κ2) is 7.79. The number of hydrogen-bond acceptors (Lipinski definition) is 1. The van der Waals surface area contributed by atoms with Crippen LogP contribution in [0.3, 0.4) is 0 Å². The molecule has 0 radical (unpaired) electrons. The molecule has 2 aromatic carbocycles. The number of amides is 1. The van der Waals surface area contributed by atoms with Crippen LogP contribution in [0.1, 0.15) is 60.0 Å². The largest absolute Gasteiger partial charge is 0.355 e. The molecule has 22 heavy (non-hydrogen) atoms. The van der Waals surface area contributed by atoms with Crippen molar-refractivity contribution in [3.63, 3.8) is 0 Å². The predicted octanol–water partition coefficient (Wildman–Crippen LogP) is 4.73. The first kappa shape index (κ1) is 16.3. The molecule has 0 spiro atoms. The van der Waals surface area contributed by atoms with Gasteiger partial charge in [0.25, 0.3) is 5.91 Å². The maximum Gasteiger partial charge on any atom is 0.251 e. The highest BCUT2D eigenvalue weighted by Crippen LogP contribution is 2.27. The first-order valence-electron chi connectivity index (χ1n) is 7.98. The third-order valence-corrected chi connectivity index (χ3v) is 4.37. The minimum Gasteiger partial charge on any atom is -0.355 e. The van der Waals surface area contributed by atoms with Crippen molar-refractivity contribution in [3.8, 4) is 0 Å². The highest BCUT2D eigenvalue weighted by atomic mass is 16.1. The average molecular weight is 295 g/mol. The Morgan fingerprint density at radius 3 is 1.86 bits per heavy atom. The molecule has 2 aromatic rings. The van der Waals surface area contributed by atoms with Crippen LogP contribution in [-0.4, -0.2) is 13.0 Å². The van der Waals surface area contributed by atoms with E-state index >= 15 is 0 Å². The van der Waals surface area contributed by atoms with E-state index in [0.29, 0.717) is 11.8 Å². The fourth-order valence-corrected chi connectivity index (χ4v) is 2.72. The lowest BCUT2D eigenvalue weighted by Crippen LogP contribution is -2.17. The summed E-state index contributed by atoms with van der Waals surface area (Å²) in [6.45, 7) is 4.54. The molecule has 0 fully saturated rings. The Hall–Kier alpha value is -2.09. The molecule has 1 N–H and O–H groups in total. The van der Waals surface area contributed by atoms with E-state index in [4.69, 9.17) is 0 Å². The zero-order chi connectivity index (χ0) is 15.9. The third kappa shape index (κ3) is 4.20. The van der Waals surface area contributed by atoms with Crippen molar-refractivity contribution in [3.05, 3.63) is 71.3 Å². The summed E-state index contributed by atoms with van der Waals surface area (Å²) in [5.41, 5.74) is 3.42. The lowest BCUT2D eigenvalue weighted by molar-refractivity contribution is 0.0963. The fraction of sp³-hybridized carbons (Fsp3) is 0.350. The van der Waals surface area contributed by atoms with Gasteiger partial charge in [0.05, 0.1) is 0 Å². The summed E-state index contributed by atoms with van der Waals surface area (Å²) in [5.74, 6) is 1.05. The van der Waals surface area contributed by atoms with Crippen molar-refractivity contribution in [1.29, 1.82) is 0 Å². The van der Waals surface area contributed by atoms with Crippen molar-refractivity contribution >= 4 is 5.91 Å². The van der Waals surface area contributed by atoms with Gasteiger partial charge in [-0.1, -0.05) is 56.3 Å². The summed E-state index contributed by atoms with van der Waals surface area (Å²) in [6.07, 6.45) is 2.32. The Labute approximate surface area is 133 Å². The van der Waals surface area contributed by atoms with Crippen LogP contribution in [-0.2, 0) is 0 Å². The molecule has 0 aliphatic rings. The Bertz CT molecular complexity index is 589. The van der Waals surface area contributed by atoms with Gasteiger partial charge >= 0.3 is 0 Å². The summed E-state index contributed by atoms with van der Waals surface area (Å²) in [6, 6.07) is 18.6. The summed E-state index contributed by atoms with van der Waals surface area (Å²) < 4.78 is 0. The van der Waals surface area contributed by atoms with Gasteiger partial charge in [0.15, 0.2) is 0 Å². The Kier molecular flexibility index (Phi) is 5.76. The molecule has 2 heteroatoms. The lowest BCUT2D eigenvalue weighted by atomic mass is 9.89. The molecule has 2 unspecified atom stereocenters. The monoisotopic (exact) mass is 295 g/mol. The van der Waals surface area contributed by atoms with Gasteiger partial charge in [0.1, 0.15) is 0 Å². The summed E-state index contributed by atoms with van der Waals surface area (Å²) in [5, 5.41) is 2.65. The first-order chi connectivity index (χ1) is 10.6. The van der Waals surface area contributed by atoms with E-state index in [1.54, 1.807) is 7.05 Å². The first-order valence-corrected chi connectivity index (χ1v) is 7.98. The van der Waals surface area contributed by atoms with E-state index in [-0.39, 0.29) is 5.91 Å². The molecular formula is C20H25NO. The predicted molar refractivity (Wildman–Crippen MR) is 92.3 cm³/mol. The van der Waals surface area contributed by atoms with Crippen molar-refractivity contribution in [2.75, 3.05) is 7.05 Å². The van der Waals surface area contributed by atoms with Crippen LogP contribution in [0, 0.1) is 0 Å². The van der Waals surface area contributed by atoms with Crippen molar-refractivity contribution in [2.45, 2.75) is 38.5 Å². The van der Waals surface area contributed by atoms with E-state index in [2.05, 4.69) is 61.6 Å². The SMILES string of the molecule is CNC(=O)c1ccc(C(C)CCC(C)c2ccccc2)cc1. The topological polar surface area (TPSA) is 29.1 Å². The number of benzene rings is 2. The van der Waals surface area contributed by atoms with Crippen molar-refractivity contribution < 1.29 is 4.79 Å². The van der Waals surface area contributed by atoms with Crippen LogP contribution in [0.25, 0.3) is 0 Å². The molecule has 0 aromatic heterocycles. The minimum absolute atomic E-state index is 0.0306. The Morgan fingerprint density at radius 1 is 0.864 bits per heavy atom. The summed E-state index contributed by atoms with van der Waals surface area (Å²) >= 11 is 0. The molecule has 0 aliphatic heterocycles. The van der Waals surface area contributed by atoms with Crippen molar-refractivity contribution in [2.24, 2.45) is 0 Å². The van der Waals surface area contributed by atoms with E-state index in [0.717, 1.165) is 12.0 Å². The van der Waals surface area contributed by atoms with Gasteiger partial charge in [-0.3, -0.25) is 4.79 Å². The van der Waals surface area contributed by atoms with Crippen molar-refractivity contribution in [1.82, 2.24) is 5.32 Å². The molecule has 0 aliphatic carbocycles. The Morgan fingerprint density at radius 2 is 1.36 bits per heavy atom. The van der Waals surface area contributed by atoms with E-state index in [9.17, 15) is 4.79 Å². The number of carbonyl (C=O) groups excluding carboxylic acids is 1. The van der Waals surface area contributed by atoms with Crippen LogP contribution in [0.2, 0.25) is 0 Å². The highest BCUT2D eigenvalue weighted by molar-refractivity contribution is 5.93. The van der Waals surface area contributed by atoms with Gasteiger partial charge in [0.2, 0.25) is 0 Å². The van der Waals surface area contributed by atoms with Gasteiger partial charge in [0, 0.05) is 12.6 Å². The van der Waals surface area contributed by atoms with Gasteiger partial charge in [-0.15, -0.1) is 0 Å². The van der Waals surface area contributed by atoms with Gasteiger partial charge < -0.3 is 5.32 Å². The van der Waals surface area contributed by atoms with Crippen LogP contribution in [0.4, 0.5) is 0 Å². The molecule has 2 rings (SSSR count). The molecule has 116 valence electrons. The minimum atomic E-state index is -0.0306. The van der Waals surface area contributed by atoms with Crippen LogP contribution < -0.4 is 5.32 Å². The highest BCUT2D eigenvalue weighted by Gasteiger charge is 2.11. The van der Waals surface area contributed by atoms with E-state index in [1.165, 1.54) is 17.5 Å². The quantitative estimate of drug-likeness (QED) is 0.820. The molecule has 0 bridgehead atoms. The normalized spacial score (nSPS) is 13.4. The van der Waals surface area contributed by atoms with E-state index < -0.39 is 0 Å². The number of carbonyl (C=O) groups is 1. The number of hydrogen-bond donors (Lipinski definition) is 1. The molecule has 0 heterocycles. The zero-order valence-corrected chi connectivity index (χ0v) is 13.7. The summed E-state index contributed by atoms with van der Waals surface area (Å²) in [7, 11) is 1.66. The number of rotatable bonds is 6. The smallest absolute Gasteiger partial charge is 0.251 e. The molecule has 2 atom stereocenters. The van der Waals surface area contributed by atoms with E-state index in [1.807, 2.05) is 12.1 Å². The van der Waals surface area contributed by atoms with Gasteiger partial charge in [-0.25, -0.2) is 0 Å². The third-order valence-electron chi connectivity index (χ3n) is 4.37. The van der Waals surface area contributed by atoms with Gasteiger partial charge in [-0.2, -0.15) is 0 Å². The maximum atomic E-state index is 11.6. The summed E-state index contributed by atoms with van der Waals surface area (Å²) in [4.78, 5) is 11.6. The molecular weight excluding hydrogens is 270 g/mol. The lowest BCUT2D eigenvalue weighted by Gasteiger charge is -2.16. The Balaban J connectivity index is 1.92. The molecule has 1 amide bonds.